The van der Waals surface area contributed by atoms with Crippen LogP contribution in [0.3, 0.4) is 0 Å². The highest BCUT2D eigenvalue weighted by Crippen LogP contribution is 2.21. The van der Waals surface area contributed by atoms with Gasteiger partial charge in [0.15, 0.2) is 0 Å². The molecule has 0 saturated heterocycles. The van der Waals surface area contributed by atoms with Gasteiger partial charge >= 0.3 is 18.0 Å². The van der Waals surface area contributed by atoms with Crippen LogP contribution in [-0.4, -0.2) is 43.4 Å². The molecule has 1 rings (SSSR count). The van der Waals surface area contributed by atoms with Crippen LogP contribution >= 0.6 is 0 Å². The van der Waals surface area contributed by atoms with Crippen molar-refractivity contribution < 1.29 is 28.6 Å². The third kappa shape index (κ3) is 9.11. The van der Waals surface area contributed by atoms with E-state index in [0.717, 1.165) is 5.56 Å². The smallest absolute Gasteiger partial charge is 0.414 e. The predicted octanol–water partition coefficient (Wildman–Crippen LogP) is 4.29. The van der Waals surface area contributed by atoms with Crippen molar-refractivity contribution in [3.63, 3.8) is 0 Å². The van der Waals surface area contributed by atoms with Crippen LogP contribution in [0.1, 0.15) is 46.6 Å². The van der Waals surface area contributed by atoms with E-state index in [1.165, 1.54) is 11.0 Å². The molecule has 0 N–H and O–H groups in total. The third-order valence-electron chi connectivity index (χ3n) is 3.96. The van der Waals surface area contributed by atoms with Crippen molar-refractivity contribution in [2.75, 3.05) is 24.7 Å². The molecule has 30 heavy (non-hydrogen) atoms. The van der Waals surface area contributed by atoms with Crippen LogP contribution in [0.15, 0.2) is 36.9 Å². The van der Waals surface area contributed by atoms with Gasteiger partial charge < -0.3 is 14.2 Å². The molecule has 0 aliphatic carbocycles. The molecule has 7 nitrogen and oxygen atoms in total. The number of nitrogens with zero attached hydrogens (tertiary/aromatic N) is 1. The summed E-state index contributed by atoms with van der Waals surface area (Å²) < 4.78 is 15.6. The molecule has 0 aromatic heterocycles. The van der Waals surface area contributed by atoms with E-state index in [2.05, 4.69) is 6.58 Å². The van der Waals surface area contributed by atoms with Crippen molar-refractivity contribution >= 4 is 23.7 Å². The van der Waals surface area contributed by atoms with Crippen LogP contribution in [0.4, 0.5) is 10.5 Å². The average Bonchev–Trinajstić information content (AvgIpc) is 2.65. The molecule has 0 spiro atoms. The summed E-state index contributed by atoms with van der Waals surface area (Å²) in [6, 6.07) is 7.23. The largest absolute Gasteiger partial charge is 0.466 e. The van der Waals surface area contributed by atoms with Gasteiger partial charge in [0.2, 0.25) is 0 Å². The Hall–Kier alpha value is -2.83. The average molecular weight is 420 g/mol. The van der Waals surface area contributed by atoms with E-state index in [0.29, 0.717) is 18.7 Å². The first kappa shape index (κ1) is 25.2. The number of hydrogen-bond acceptors (Lipinski definition) is 6. The quantitative estimate of drug-likeness (QED) is 0.320. The summed E-state index contributed by atoms with van der Waals surface area (Å²) in [6.07, 6.45) is 1.37. The number of esters is 2. The molecule has 1 aromatic rings. The second kappa shape index (κ2) is 12.0. The fourth-order valence-electron chi connectivity index (χ4n) is 2.70. The van der Waals surface area contributed by atoms with Crippen LogP contribution < -0.4 is 4.90 Å². The Morgan fingerprint density at radius 1 is 1.20 bits per heavy atom. The summed E-state index contributed by atoms with van der Waals surface area (Å²) in [4.78, 5) is 38.0. The molecule has 0 heterocycles. The zero-order valence-electron chi connectivity index (χ0n) is 18.6. The van der Waals surface area contributed by atoms with Gasteiger partial charge in [0.1, 0.15) is 12.2 Å². The minimum atomic E-state index is -0.603. The summed E-state index contributed by atoms with van der Waals surface area (Å²) in [5.74, 6) is -0.991. The first-order chi connectivity index (χ1) is 14.1. The monoisotopic (exact) mass is 419 g/mol. The van der Waals surface area contributed by atoms with E-state index < -0.39 is 17.7 Å². The highest BCUT2D eigenvalue weighted by atomic mass is 16.6. The summed E-state index contributed by atoms with van der Waals surface area (Å²) >= 11 is 0. The normalized spacial score (nSPS) is 11.9. The Morgan fingerprint density at radius 3 is 2.50 bits per heavy atom. The second-order valence-electron chi connectivity index (χ2n) is 7.88. The Bertz CT molecular complexity index is 737. The molecular weight excluding hydrogens is 386 g/mol. The van der Waals surface area contributed by atoms with E-state index in [-0.39, 0.29) is 31.5 Å². The zero-order chi connectivity index (χ0) is 22.7. The highest BCUT2D eigenvalue weighted by Gasteiger charge is 2.22. The number of hydrogen-bond donors (Lipinski definition) is 0. The number of ether oxygens (including phenoxy) is 3. The summed E-state index contributed by atoms with van der Waals surface area (Å²) in [5.41, 5.74) is 0.835. The second-order valence-corrected chi connectivity index (χ2v) is 7.88. The van der Waals surface area contributed by atoms with Crippen molar-refractivity contribution in [1.82, 2.24) is 0 Å². The molecule has 0 fully saturated rings. The molecular formula is C23H33NO6. The van der Waals surface area contributed by atoms with Crippen molar-refractivity contribution in [3.8, 4) is 0 Å². The molecule has 0 aliphatic rings. The lowest BCUT2D eigenvalue weighted by molar-refractivity contribution is -0.154. The predicted molar refractivity (Wildman–Crippen MR) is 115 cm³/mol. The Labute approximate surface area is 179 Å². The van der Waals surface area contributed by atoms with Crippen LogP contribution in [-0.2, 0) is 30.2 Å². The van der Waals surface area contributed by atoms with Gasteiger partial charge in [0.25, 0.3) is 0 Å². The Morgan fingerprint density at radius 2 is 1.90 bits per heavy atom. The highest BCUT2D eigenvalue weighted by molar-refractivity contribution is 5.88. The number of anilines is 1. The lowest BCUT2D eigenvalue weighted by Crippen LogP contribution is -2.35. The summed E-state index contributed by atoms with van der Waals surface area (Å²) in [6.45, 7) is 13.0. The number of benzene rings is 1. The van der Waals surface area contributed by atoms with Crippen molar-refractivity contribution in [2.24, 2.45) is 5.92 Å². The molecule has 0 aliphatic heterocycles. The number of carbonyl (C=O) groups excluding carboxylic acids is 3. The van der Waals surface area contributed by atoms with Gasteiger partial charge in [-0.05, 0) is 51.8 Å². The zero-order valence-corrected chi connectivity index (χ0v) is 18.6. The molecule has 0 radical (unpaired) electrons. The van der Waals surface area contributed by atoms with Crippen LogP contribution in [0, 0.1) is 5.92 Å². The molecule has 1 amide bonds. The van der Waals surface area contributed by atoms with E-state index in [4.69, 9.17) is 14.2 Å². The standard InChI is InChI=1S/C23H33NO6/c1-7-14-29-22(27)24(13-12-20(25)30-23(4,5)6)19-11-9-10-18(16-19)15-17(3)21(26)28-8-2/h7,9-11,16-17H,1,8,12-15H2,2-6H3. The Balaban J connectivity index is 2.97. The molecule has 1 aromatic carbocycles. The minimum absolute atomic E-state index is 0.0178. The minimum Gasteiger partial charge on any atom is -0.466 e. The lowest BCUT2D eigenvalue weighted by atomic mass is 10.0. The van der Waals surface area contributed by atoms with Crippen molar-refractivity contribution in [1.29, 1.82) is 0 Å². The fourth-order valence-corrected chi connectivity index (χ4v) is 2.70. The maximum Gasteiger partial charge on any atom is 0.414 e. The molecule has 7 heteroatoms. The fraction of sp³-hybridized carbons (Fsp3) is 0.522. The van der Waals surface area contributed by atoms with Gasteiger partial charge in [-0.3, -0.25) is 14.5 Å². The lowest BCUT2D eigenvalue weighted by Gasteiger charge is -2.24. The van der Waals surface area contributed by atoms with E-state index in [1.54, 1.807) is 52.8 Å². The number of carbonyl (C=O) groups is 3. The maximum atomic E-state index is 12.6. The van der Waals surface area contributed by atoms with E-state index >= 15 is 0 Å². The van der Waals surface area contributed by atoms with Crippen LogP contribution in [0.2, 0.25) is 0 Å². The van der Waals surface area contributed by atoms with Crippen molar-refractivity contribution in [2.45, 2.75) is 53.1 Å². The molecule has 1 atom stereocenters. The SMILES string of the molecule is C=CCOC(=O)N(CCC(=O)OC(C)(C)C)c1cccc(CC(C)C(=O)OCC)c1. The van der Waals surface area contributed by atoms with Crippen molar-refractivity contribution in [3.05, 3.63) is 42.5 Å². The summed E-state index contributed by atoms with van der Waals surface area (Å²) in [5, 5.41) is 0. The van der Waals surface area contributed by atoms with Crippen LogP contribution in [0.25, 0.3) is 0 Å². The molecule has 0 bridgehead atoms. The van der Waals surface area contributed by atoms with Gasteiger partial charge in [-0.15, -0.1) is 0 Å². The summed E-state index contributed by atoms with van der Waals surface area (Å²) in [7, 11) is 0. The van der Waals surface area contributed by atoms with Crippen LogP contribution in [0.5, 0.6) is 0 Å². The van der Waals surface area contributed by atoms with E-state index in [9.17, 15) is 14.4 Å². The molecule has 0 saturated carbocycles. The Kier molecular flexibility index (Phi) is 10.1. The van der Waals surface area contributed by atoms with Gasteiger partial charge in [0.05, 0.1) is 18.9 Å². The maximum absolute atomic E-state index is 12.6. The van der Waals surface area contributed by atoms with Gasteiger partial charge in [0, 0.05) is 12.2 Å². The molecule has 1 unspecified atom stereocenters. The van der Waals surface area contributed by atoms with E-state index in [1.807, 2.05) is 6.07 Å². The third-order valence-corrected chi connectivity index (χ3v) is 3.96. The first-order valence-corrected chi connectivity index (χ1v) is 10.1. The first-order valence-electron chi connectivity index (χ1n) is 10.1. The topological polar surface area (TPSA) is 82.1 Å². The van der Waals surface area contributed by atoms with Gasteiger partial charge in [-0.25, -0.2) is 4.79 Å². The van der Waals surface area contributed by atoms with Gasteiger partial charge in [-0.2, -0.15) is 0 Å². The number of rotatable bonds is 10. The molecule has 166 valence electrons. The number of amides is 1. The van der Waals surface area contributed by atoms with Gasteiger partial charge in [-0.1, -0.05) is 31.7 Å².